The number of hydrogen-bond acceptors (Lipinski definition) is 6. The highest BCUT2D eigenvalue weighted by Gasteiger charge is 2.22. The third kappa shape index (κ3) is 4.22. The number of nitrogens with one attached hydrogen (secondary N) is 1. The molecule has 0 unspecified atom stereocenters. The fourth-order valence-corrected chi connectivity index (χ4v) is 3.16. The van der Waals surface area contributed by atoms with E-state index >= 15 is 0 Å². The van der Waals surface area contributed by atoms with Gasteiger partial charge in [-0.15, -0.1) is 0 Å². The number of carbonyl (C=O) groups is 1. The number of nitrogens with zero attached hydrogens (tertiary/aromatic N) is 4. The molecule has 1 amide bonds. The van der Waals surface area contributed by atoms with E-state index in [1.165, 1.54) is 0 Å². The maximum absolute atomic E-state index is 12.5. The van der Waals surface area contributed by atoms with Crippen LogP contribution in [0.1, 0.15) is 11.4 Å². The van der Waals surface area contributed by atoms with E-state index in [0.29, 0.717) is 19.0 Å². The number of anilines is 2. The molecule has 7 nitrogen and oxygen atoms in total. The molecule has 1 aromatic carbocycles. The summed E-state index contributed by atoms with van der Waals surface area (Å²) < 4.78 is 5.43. The van der Waals surface area contributed by atoms with E-state index < -0.39 is 0 Å². The highest BCUT2D eigenvalue weighted by Crippen LogP contribution is 2.28. The Morgan fingerprint density at radius 2 is 1.77 bits per heavy atom. The molecule has 0 saturated carbocycles. The maximum atomic E-state index is 12.5. The zero-order chi connectivity index (χ0) is 18.5. The number of carbonyl (C=O) groups excluding carboxylic acids is 1. The van der Waals surface area contributed by atoms with Crippen molar-refractivity contribution in [2.45, 2.75) is 13.8 Å². The largest absolute Gasteiger partial charge is 0.495 e. The molecular formula is C19H25N5O2. The van der Waals surface area contributed by atoms with Gasteiger partial charge in [0, 0.05) is 37.6 Å². The number of rotatable bonds is 5. The van der Waals surface area contributed by atoms with Crippen molar-refractivity contribution in [3.63, 3.8) is 0 Å². The first-order valence-corrected chi connectivity index (χ1v) is 8.78. The Hall–Kier alpha value is -2.83. The first-order chi connectivity index (χ1) is 12.6. The summed E-state index contributed by atoms with van der Waals surface area (Å²) in [7, 11) is 1.68. The molecule has 2 heterocycles. The fourth-order valence-electron chi connectivity index (χ4n) is 3.16. The third-order valence-corrected chi connectivity index (χ3v) is 4.44. The van der Waals surface area contributed by atoms with Gasteiger partial charge >= 0.3 is 0 Å². The van der Waals surface area contributed by atoms with E-state index in [1.54, 1.807) is 7.11 Å². The third-order valence-electron chi connectivity index (χ3n) is 4.44. The number of hydrogen-bond donors (Lipinski definition) is 1. The van der Waals surface area contributed by atoms with Gasteiger partial charge in [0.05, 0.1) is 19.3 Å². The highest BCUT2D eigenvalue weighted by atomic mass is 16.5. The van der Waals surface area contributed by atoms with Crippen LogP contribution in [0.25, 0.3) is 0 Å². The lowest BCUT2D eigenvalue weighted by Gasteiger charge is -2.36. The van der Waals surface area contributed by atoms with Crippen LogP contribution >= 0.6 is 0 Å². The number of aromatic nitrogens is 2. The highest BCUT2D eigenvalue weighted by molar-refractivity contribution is 5.80. The van der Waals surface area contributed by atoms with Gasteiger partial charge in [0.2, 0.25) is 11.9 Å². The van der Waals surface area contributed by atoms with Crippen molar-refractivity contribution >= 4 is 17.5 Å². The lowest BCUT2D eigenvalue weighted by Crippen LogP contribution is -2.50. The molecule has 1 N–H and O–H groups in total. The molecule has 3 rings (SSSR count). The van der Waals surface area contributed by atoms with Gasteiger partial charge in [0.1, 0.15) is 5.75 Å². The van der Waals surface area contributed by atoms with Crippen LogP contribution in [0.3, 0.4) is 0 Å². The van der Waals surface area contributed by atoms with E-state index in [4.69, 9.17) is 4.74 Å². The minimum atomic E-state index is 0.0624. The van der Waals surface area contributed by atoms with Gasteiger partial charge in [-0.05, 0) is 32.0 Å². The number of para-hydroxylation sites is 2. The molecule has 1 aliphatic rings. The Morgan fingerprint density at radius 1 is 1.12 bits per heavy atom. The normalized spacial score (nSPS) is 14.3. The Labute approximate surface area is 154 Å². The van der Waals surface area contributed by atoms with Crippen molar-refractivity contribution < 1.29 is 9.53 Å². The summed E-state index contributed by atoms with van der Waals surface area (Å²) in [6.45, 7) is 6.98. The number of piperazine rings is 1. The zero-order valence-corrected chi connectivity index (χ0v) is 15.5. The summed E-state index contributed by atoms with van der Waals surface area (Å²) in [6.07, 6.45) is 0. The first-order valence-electron chi connectivity index (χ1n) is 8.78. The molecule has 7 heteroatoms. The summed E-state index contributed by atoms with van der Waals surface area (Å²) in [4.78, 5) is 25.2. The second-order valence-corrected chi connectivity index (χ2v) is 6.37. The van der Waals surface area contributed by atoms with Gasteiger partial charge in [-0.3, -0.25) is 4.79 Å². The van der Waals surface area contributed by atoms with E-state index in [9.17, 15) is 4.79 Å². The molecule has 0 spiro atoms. The van der Waals surface area contributed by atoms with Gasteiger partial charge in [-0.25, -0.2) is 9.97 Å². The van der Waals surface area contributed by atoms with Crippen molar-refractivity contribution in [1.82, 2.24) is 14.9 Å². The molecule has 1 saturated heterocycles. The molecule has 26 heavy (non-hydrogen) atoms. The van der Waals surface area contributed by atoms with Crippen LogP contribution in [-0.2, 0) is 4.79 Å². The number of methoxy groups -OCH3 is 1. The second kappa shape index (κ2) is 8.03. The number of benzene rings is 1. The average Bonchev–Trinajstić information content (AvgIpc) is 2.65. The number of amides is 1. The smallest absolute Gasteiger partial charge is 0.242 e. The van der Waals surface area contributed by atoms with Crippen LogP contribution in [0.15, 0.2) is 30.3 Å². The van der Waals surface area contributed by atoms with Gasteiger partial charge in [-0.2, -0.15) is 0 Å². The molecule has 0 atom stereocenters. The van der Waals surface area contributed by atoms with Crippen LogP contribution in [0.4, 0.5) is 11.6 Å². The van der Waals surface area contributed by atoms with Crippen LogP contribution in [0.5, 0.6) is 5.75 Å². The Bertz CT molecular complexity index is 752. The maximum Gasteiger partial charge on any atom is 0.242 e. The summed E-state index contributed by atoms with van der Waals surface area (Å²) in [5.74, 6) is 1.43. The standard InChI is InChI=1S/C19H25N5O2/c1-14-12-15(2)22-19(21-14)20-13-18(25)24-10-8-23(9-11-24)16-6-4-5-7-17(16)26-3/h4-7,12H,8-11,13H2,1-3H3,(H,20,21,22). The van der Waals surface area contributed by atoms with Crippen molar-refractivity contribution in [2.75, 3.05) is 50.1 Å². The molecule has 138 valence electrons. The van der Waals surface area contributed by atoms with Crippen LogP contribution in [0, 0.1) is 13.8 Å². The number of ether oxygens (including phenoxy) is 1. The van der Waals surface area contributed by atoms with Crippen LogP contribution in [-0.4, -0.2) is 60.6 Å². The first kappa shape index (κ1) is 18.0. The molecule has 0 radical (unpaired) electrons. The number of aryl methyl sites for hydroxylation is 2. The molecule has 0 aliphatic carbocycles. The molecule has 1 aromatic heterocycles. The summed E-state index contributed by atoms with van der Waals surface area (Å²) in [5.41, 5.74) is 2.85. The van der Waals surface area contributed by atoms with Crippen molar-refractivity contribution in [3.8, 4) is 5.75 Å². The monoisotopic (exact) mass is 355 g/mol. The second-order valence-electron chi connectivity index (χ2n) is 6.37. The van der Waals surface area contributed by atoms with E-state index in [0.717, 1.165) is 35.9 Å². The van der Waals surface area contributed by atoms with Gasteiger partial charge in [-0.1, -0.05) is 12.1 Å². The SMILES string of the molecule is COc1ccccc1N1CCN(C(=O)CNc2nc(C)cc(C)n2)CC1. The Morgan fingerprint density at radius 3 is 2.42 bits per heavy atom. The molecular weight excluding hydrogens is 330 g/mol. The van der Waals surface area contributed by atoms with Gasteiger partial charge in [0.15, 0.2) is 0 Å². The summed E-state index contributed by atoms with van der Waals surface area (Å²) in [6, 6.07) is 9.88. The molecule has 0 bridgehead atoms. The molecule has 2 aromatic rings. The van der Waals surface area contributed by atoms with E-state index in [2.05, 4.69) is 26.3 Å². The summed E-state index contributed by atoms with van der Waals surface area (Å²) >= 11 is 0. The lowest BCUT2D eigenvalue weighted by atomic mass is 10.2. The van der Waals surface area contributed by atoms with Crippen molar-refractivity contribution in [2.24, 2.45) is 0 Å². The van der Waals surface area contributed by atoms with E-state index in [-0.39, 0.29) is 12.5 Å². The topological polar surface area (TPSA) is 70.6 Å². The predicted molar refractivity (Wildman–Crippen MR) is 102 cm³/mol. The quantitative estimate of drug-likeness (QED) is 0.883. The van der Waals surface area contributed by atoms with Gasteiger partial charge < -0.3 is 19.9 Å². The van der Waals surface area contributed by atoms with Crippen molar-refractivity contribution in [1.29, 1.82) is 0 Å². The average molecular weight is 355 g/mol. The Balaban J connectivity index is 1.53. The minimum absolute atomic E-state index is 0.0624. The Kier molecular flexibility index (Phi) is 5.55. The van der Waals surface area contributed by atoms with E-state index in [1.807, 2.05) is 43.0 Å². The zero-order valence-electron chi connectivity index (χ0n) is 15.5. The van der Waals surface area contributed by atoms with Gasteiger partial charge in [0.25, 0.3) is 0 Å². The molecule has 1 fully saturated rings. The minimum Gasteiger partial charge on any atom is -0.495 e. The van der Waals surface area contributed by atoms with Crippen molar-refractivity contribution in [3.05, 3.63) is 41.7 Å². The predicted octanol–water partition coefficient (Wildman–Crippen LogP) is 1.86. The lowest BCUT2D eigenvalue weighted by molar-refractivity contribution is -0.129. The summed E-state index contributed by atoms with van der Waals surface area (Å²) in [5, 5.41) is 3.04. The molecule has 1 aliphatic heterocycles. The fraction of sp³-hybridized carbons (Fsp3) is 0.421. The van der Waals surface area contributed by atoms with Crippen LogP contribution < -0.4 is 15.0 Å². The van der Waals surface area contributed by atoms with Crippen LogP contribution in [0.2, 0.25) is 0 Å².